The normalized spacial score (nSPS) is 13.6. The van der Waals surface area contributed by atoms with Gasteiger partial charge in [-0.15, -0.1) is 11.3 Å². The zero-order valence-electron chi connectivity index (χ0n) is 12.3. The van der Waals surface area contributed by atoms with Gasteiger partial charge < -0.3 is 10.1 Å². The first-order chi connectivity index (χ1) is 9.55. The van der Waals surface area contributed by atoms with Crippen molar-refractivity contribution in [1.29, 1.82) is 0 Å². The van der Waals surface area contributed by atoms with Gasteiger partial charge in [0.15, 0.2) is 0 Å². The van der Waals surface area contributed by atoms with Crippen LogP contribution in [0.4, 0.5) is 0 Å². The van der Waals surface area contributed by atoms with E-state index in [-0.39, 0.29) is 6.04 Å². The molecule has 0 aliphatic heterocycles. The molecule has 20 heavy (non-hydrogen) atoms. The van der Waals surface area contributed by atoms with Gasteiger partial charge in [0.1, 0.15) is 0 Å². The summed E-state index contributed by atoms with van der Waals surface area (Å²) in [6, 6.07) is 1.47. The highest BCUT2D eigenvalue weighted by atomic mass is 32.2. The van der Waals surface area contributed by atoms with Gasteiger partial charge >= 0.3 is 0 Å². The highest BCUT2D eigenvalue weighted by Gasteiger charge is 2.22. The van der Waals surface area contributed by atoms with Crippen LogP contribution in [0.15, 0.2) is 16.3 Å². The Labute approximate surface area is 125 Å². The van der Waals surface area contributed by atoms with Gasteiger partial charge in [0.05, 0.1) is 11.5 Å². The number of hydrogen-bond donors (Lipinski definition) is 2. The molecule has 1 aromatic rings. The summed E-state index contributed by atoms with van der Waals surface area (Å²) in [6.45, 7) is 5.86. The minimum atomic E-state index is -3.48. The summed E-state index contributed by atoms with van der Waals surface area (Å²) in [6.07, 6.45) is 1.72. The van der Waals surface area contributed by atoms with Gasteiger partial charge in [0, 0.05) is 24.6 Å². The third-order valence-corrected chi connectivity index (χ3v) is 5.54. The number of ether oxygens (including phenoxy) is 1. The molecular weight excluding hydrogens is 296 g/mol. The van der Waals surface area contributed by atoms with Crippen LogP contribution >= 0.6 is 11.3 Å². The van der Waals surface area contributed by atoms with Crippen molar-refractivity contribution in [1.82, 2.24) is 10.0 Å². The third-order valence-electron chi connectivity index (χ3n) is 2.89. The maximum atomic E-state index is 12.4. The summed E-state index contributed by atoms with van der Waals surface area (Å²) in [4.78, 5) is 1.22. The lowest BCUT2D eigenvalue weighted by Crippen LogP contribution is -2.37. The summed E-state index contributed by atoms with van der Waals surface area (Å²) in [7, 11) is -1.91. The molecular formula is C13H24N2O3S2. The predicted octanol–water partition coefficient (Wildman–Crippen LogP) is 1.95. The molecule has 0 saturated carbocycles. The number of sulfonamides is 1. The average Bonchev–Trinajstić information content (AvgIpc) is 2.87. The summed E-state index contributed by atoms with van der Waals surface area (Å²) >= 11 is 1.46. The molecule has 0 aliphatic rings. The monoisotopic (exact) mass is 320 g/mol. The molecule has 2 N–H and O–H groups in total. The molecule has 5 nitrogen and oxygen atoms in total. The Morgan fingerprint density at radius 3 is 2.75 bits per heavy atom. The van der Waals surface area contributed by atoms with E-state index in [4.69, 9.17) is 4.74 Å². The second kappa shape index (κ2) is 8.74. The quantitative estimate of drug-likeness (QED) is 0.647. The summed E-state index contributed by atoms with van der Waals surface area (Å²) in [5.74, 6) is 0. The summed E-state index contributed by atoms with van der Waals surface area (Å²) in [5, 5.41) is 5.05. The number of nitrogens with one attached hydrogen (secondary N) is 2. The maximum absolute atomic E-state index is 12.4. The fourth-order valence-corrected chi connectivity index (χ4v) is 4.51. The first-order valence-electron chi connectivity index (χ1n) is 6.83. The molecule has 0 saturated heterocycles. The molecule has 1 heterocycles. The maximum Gasteiger partial charge on any atom is 0.242 e. The highest BCUT2D eigenvalue weighted by molar-refractivity contribution is 7.89. The zero-order valence-corrected chi connectivity index (χ0v) is 13.9. The molecule has 7 heteroatoms. The zero-order chi connectivity index (χ0) is 15.0. The fourth-order valence-electron chi connectivity index (χ4n) is 1.80. The number of methoxy groups -OCH3 is 1. The first kappa shape index (κ1) is 17.6. The molecule has 1 aromatic heterocycles. The van der Waals surface area contributed by atoms with E-state index in [9.17, 15) is 8.42 Å². The van der Waals surface area contributed by atoms with Crippen molar-refractivity contribution in [2.24, 2.45) is 0 Å². The fraction of sp³-hybridized carbons (Fsp3) is 0.692. The van der Waals surface area contributed by atoms with Crippen LogP contribution in [0.25, 0.3) is 0 Å². The van der Waals surface area contributed by atoms with Gasteiger partial charge in [-0.25, -0.2) is 13.1 Å². The molecule has 0 amide bonds. The van der Waals surface area contributed by atoms with Gasteiger partial charge in [0.25, 0.3) is 0 Å². The molecule has 1 atom stereocenters. The van der Waals surface area contributed by atoms with Crippen molar-refractivity contribution in [2.75, 3.05) is 20.3 Å². The van der Waals surface area contributed by atoms with Crippen LogP contribution < -0.4 is 10.0 Å². The van der Waals surface area contributed by atoms with E-state index in [0.29, 0.717) is 24.5 Å². The molecule has 116 valence electrons. The predicted molar refractivity (Wildman–Crippen MR) is 82.6 cm³/mol. The molecule has 0 aliphatic carbocycles. The van der Waals surface area contributed by atoms with Crippen molar-refractivity contribution in [3.63, 3.8) is 0 Å². The largest absolute Gasteiger partial charge is 0.383 e. The van der Waals surface area contributed by atoms with E-state index in [0.717, 1.165) is 17.8 Å². The number of thiophene rings is 1. The Morgan fingerprint density at radius 2 is 2.15 bits per heavy atom. The van der Waals surface area contributed by atoms with Gasteiger partial charge in [-0.2, -0.15) is 0 Å². The van der Waals surface area contributed by atoms with Crippen molar-refractivity contribution in [3.8, 4) is 0 Å². The lowest BCUT2D eigenvalue weighted by Gasteiger charge is -2.16. The van der Waals surface area contributed by atoms with Crippen LogP contribution in [-0.4, -0.2) is 34.7 Å². The van der Waals surface area contributed by atoms with Gasteiger partial charge in [0.2, 0.25) is 10.0 Å². The van der Waals surface area contributed by atoms with Gasteiger partial charge in [-0.3, -0.25) is 0 Å². The van der Waals surface area contributed by atoms with E-state index in [1.54, 1.807) is 13.2 Å². The van der Waals surface area contributed by atoms with E-state index < -0.39 is 10.0 Å². The van der Waals surface area contributed by atoms with E-state index in [1.165, 1.54) is 11.3 Å². The van der Waals surface area contributed by atoms with Crippen LogP contribution in [0.2, 0.25) is 0 Å². The van der Waals surface area contributed by atoms with Crippen molar-refractivity contribution in [3.05, 3.63) is 16.3 Å². The van der Waals surface area contributed by atoms with Crippen LogP contribution in [0.3, 0.4) is 0 Å². The Bertz CT molecular complexity index is 486. The van der Waals surface area contributed by atoms with Crippen molar-refractivity contribution >= 4 is 21.4 Å². The summed E-state index contributed by atoms with van der Waals surface area (Å²) < 4.78 is 32.5. The van der Waals surface area contributed by atoms with Crippen LogP contribution in [-0.2, 0) is 21.3 Å². The van der Waals surface area contributed by atoms with E-state index >= 15 is 0 Å². The van der Waals surface area contributed by atoms with Gasteiger partial charge in [-0.05, 0) is 30.8 Å². The number of hydrogen-bond acceptors (Lipinski definition) is 5. The molecule has 1 unspecified atom stereocenters. The van der Waals surface area contributed by atoms with Crippen LogP contribution in [0, 0.1) is 0 Å². The van der Waals surface area contributed by atoms with Crippen LogP contribution in [0.1, 0.15) is 31.6 Å². The average molecular weight is 320 g/mol. The molecule has 0 spiro atoms. The van der Waals surface area contributed by atoms with E-state index in [2.05, 4.69) is 17.0 Å². The molecule has 1 rings (SSSR count). The Kier molecular flexibility index (Phi) is 7.68. The lowest BCUT2D eigenvalue weighted by atomic mass is 10.3. The second-order valence-electron chi connectivity index (χ2n) is 4.57. The second-order valence-corrected chi connectivity index (χ2v) is 7.25. The molecule has 0 fully saturated rings. The smallest absolute Gasteiger partial charge is 0.242 e. The topological polar surface area (TPSA) is 67.4 Å². The number of rotatable bonds is 10. The Hall–Kier alpha value is -0.470. The standard InChI is InChI=1S/C13H24N2O3S2/c1-4-7-14-9-12-13(6-8-19-12)20(16,17)15-11(5-2)10-18-3/h6,8,11,14-15H,4-5,7,9-10H2,1-3H3. The molecule has 0 bridgehead atoms. The molecule has 0 radical (unpaired) electrons. The Morgan fingerprint density at radius 1 is 1.40 bits per heavy atom. The molecule has 0 aromatic carbocycles. The minimum Gasteiger partial charge on any atom is -0.383 e. The van der Waals surface area contributed by atoms with E-state index in [1.807, 2.05) is 12.3 Å². The van der Waals surface area contributed by atoms with Crippen LogP contribution in [0.5, 0.6) is 0 Å². The SMILES string of the molecule is CCCNCc1sccc1S(=O)(=O)NC(CC)COC. The third kappa shape index (κ3) is 5.14. The minimum absolute atomic E-state index is 0.193. The lowest BCUT2D eigenvalue weighted by molar-refractivity contribution is 0.173. The highest BCUT2D eigenvalue weighted by Crippen LogP contribution is 2.22. The Balaban J connectivity index is 2.79. The van der Waals surface area contributed by atoms with Crippen molar-refractivity contribution in [2.45, 2.75) is 44.2 Å². The van der Waals surface area contributed by atoms with Crippen molar-refractivity contribution < 1.29 is 13.2 Å². The van der Waals surface area contributed by atoms with Gasteiger partial charge in [-0.1, -0.05) is 13.8 Å². The summed E-state index contributed by atoms with van der Waals surface area (Å²) in [5.41, 5.74) is 0. The first-order valence-corrected chi connectivity index (χ1v) is 9.19.